The topological polar surface area (TPSA) is 38.0 Å². The summed E-state index contributed by atoms with van der Waals surface area (Å²) in [4.78, 5) is 0. The van der Waals surface area contributed by atoms with Gasteiger partial charge in [0.2, 0.25) is 0 Å². The van der Waals surface area contributed by atoms with E-state index >= 15 is 0 Å². The molecule has 0 spiro atoms. The van der Waals surface area contributed by atoms with Crippen LogP contribution in [-0.2, 0) is 6.42 Å². The summed E-state index contributed by atoms with van der Waals surface area (Å²) in [5, 5.41) is 3.28. The minimum atomic E-state index is 0.492. The first-order valence-electron chi connectivity index (χ1n) is 4.43. The highest BCUT2D eigenvalue weighted by Crippen LogP contribution is 2.30. The molecule has 0 amide bonds. The van der Waals surface area contributed by atoms with Crippen LogP contribution in [0.25, 0.3) is 0 Å². The molecule has 0 fully saturated rings. The maximum atomic E-state index is 5.45. The first-order valence-corrected chi connectivity index (χ1v) is 4.43. The van der Waals surface area contributed by atoms with E-state index in [1.165, 1.54) is 24.0 Å². The van der Waals surface area contributed by atoms with E-state index in [-0.39, 0.29) is 0 Å². The zero-order valence-electron chi connectivity index (χ0n) is 7.09. The van der Waals surface area contributed by atoms with Crippen molar-refractivity contribution < 1.29 is 0 Å². The minimum absolute atomic E-state index is 0.492. The van der Waals surface area contributed by atoms with E-state index in [4.69, 9.17) is 5.73 Å². The Hall–Kier alpha value is -0.860. The summed E-state index contributed by atoms with van der Waals surface area (Å²) in [6.45, 7) is 0.568. The Kier molecular flexibility index (Phi) is 2.11. The Morgan fingerprint density at radius 2 is 2.25 bits per heavy atom. The molecule has 0 heterocycles. The number of hydrogen-bond acceptors (Lipinski definition) is 2. The molecule has 1 aromatic carbocycles. The lowest BCUT2D eigenvalue weighted by Crippen LogP contribution is -2.25. The van der Waals surface area contributed by atoms with E-state index in [2.05, 4.69) is 29.6 Å². The van der Waals surface area contributed by atoms with Crippen molar-refractivity contribution in [2.45, 2.75) is 18.9 Å². The van der Waals surface area contributed by atoms with Crippen LogP contribution >= 0.6 is 0 Å². The number of aryl methyl sites for hydroxylation is 1. The lowest BCUT2D eigenvalue weighted by molar-refractivity contribution is 0.541. The van der Waals surface area contributed by atoms with Gasteiger partial charge in [0.1, 0.15) is 0 Å². The third-order valence-corrected chi connectivity index (χ3v) is 2.50. The molecule has 1 aliphatic carbocycles. The summed E-state index contributed by atoms with van der Waals surface area (Å²) in [5.74, 6) is 0. The molecule has 0 radical (unpaired) electrons. The molecular formula is C10H14N2. The second-order valence-corrected chi connectivity index (χ2v) is 3.20. The summed E-state index contributed by atoms with van der Waals surface area (Å²) in [6, 6.07) is 9.08. The Morgan fingerprint density at radius 1 is 1.42 bits per heavy atom. The standard InChI is InChI=1S/C10H14N2/c11-7-12-10-6-5-8-3-1-2-4-9(8)10/h1-4,10,12H,5-7,11H2. The lowest BCUT2D eigenvalue weighted by Gasteiger charge is -2.11. The van der Waals surface area contributed by atoms with Crippen LogP contribution in [0.3, 0.4) is 0 Å². The summed E-state index contributed by atoms with van der Waals surface area (Å²) >= 11 is 0. The molecule has 1 aliphatic rings. The third-order valence-electron chi connectivity index (χ3n) is 2.50. The van der Waals surface area contributed by atoms with Crippen LogP contribution in [-0.4, -0.2) is 6.67 Å². The van der Waals surface area contributed by atoms with Crippen LogP contribution in [0.1, 0.15) is 23.6 Å². The van der Waals surface area contributed by atoms with Crippen molar-refractivity contribution in [1.29, 1.82) is 0 Å². The Morgan fingerprint density at radius 3 is 3.08 bits per heavy atom. The predicted octanol–water partition coefficient (Wildman–Crippen LogP) is 1.18. The van der Waals surface area contributed by atoms with E-state index < -0.39 is 0 Å². The molecule has 2 nitrogen and oxygen atoms in total. The van der Waals surface area contributed by atoms with Gasteiger partial charge in [-0.3, -0.25) is 5.32 Å². The lowest BCUT2D eigenvalue weighted by atomic mass is 10.1. The van der Waals surface area contributed by atoms with E-state index in [9.17, 15) is 0 Å². The van der Waals surface area contributed by atoms with E-state index in [1.807, 2.05) is 0 Å². The van der Waals surface area contributed by atoms with Crippen LogP contribution in [0.5, 0.6) is 0 Å². The number of nitrogens with two attached hydrogens (primary N) is 1. The molecule has 12 heavy (non-hydrogen) atoms. The van der Waals surface area contributed by atoms with Gasteiger partial charge in [-0.05, 0) is 24.0 Å². The summed E-state index contributed by atoms with van der Waals surface area (Å²) in [7, 11) is 0. The van der Waals surface area contributed by atoms with Crippen molar-refractivity contribution in [1.82, 2.24) is 5.32 Å². The van der Waals surface area contributed by atoms with Gasteiger partial charge < -0.3 is 5.73 Å². The van der Waals surface area contributed by atoms with Crippen LogP contribution in [0.2, 0.25) is 0 Å². The fourth-order valence-electron chi connectivity index (χ4n) is 1.91. The molecular weight excluding hydrogens is 148 g/mol. The van der Waals surface area contributed by atoms with E-state index in [1.54, 1.807) is 0 Å². The van der Waals surface area contributed by atoms with Gasteiger partial charge >= 0.3 is 0 Å². The Labute approximate surface area is 72.8 Å². The van der Waals surface area contributed by atoms with Crippen LogP contribution in [0.15, 0.2) is 24.3 Å². The monoisotopic (exact) mass is 162 g/mol. The van der Waals surface area contributed by atoms with Crippen LogP contribution in [0.4, 0.5) is 0 Å². The summed E-state index contributed by atoms with van der Waals surface area (Å²) < 4.78 is 0. The van der Waals surface area contributed by atoms with Crippen molar-refractivity contribution in [2.24, 2.45) is 5.73 Å². The van der Waals surface area contributed by atoms with E-state index in [0.717, 1.165) is 0 Å². The van der Waals surface area contributed by atoms with Gasteiger partial charge in [-0.15, -0.1) is 0 Å². The van der Waals surface area contributed by atoms with Crippen molar-refractivity contribution in [2.75, 3.05) is 6.67 Å². The largest absolute Gasteiger partial charge is 0.318 e. The van der Waals surface area contributed by atoms with E-state index in [0.29, 0.717) is 12.7 Å². The third kappa shape index (κ3) is 1.24. The molecule has 0 saturated heterocycles. The first kappa shape index (κ1) is 7.77. The number of hydrogen-bond donors (Lipinski definition) is 2. The molecule has 64 valence electrons. The van der Waals surface area contributed by atoms with Gasteiger partial charge in [-0.25, -0.2) is 0 Å². The number of fused-ring (bicyclic) bond motifs is 1. The summed E-state index contributed by atoms with van der Waals surface area (Å²) in [6.07, 6.45) is 2.38. The van der Waals surface area contributed by atoms with Crippen LogP contribution < -0.4 is 11.1 Å². The SMILES string of the molecule is NCNC1CCc2ccccc21. The van der Waals surface area contributed by atoms with Gasteiger partial charge in [0.15, 0.2) is 0 Å². The molecule has 0 aromatic heterocycles. The highest BCUT2D eigenvalue weighted by molar-refractivity contribution is 5.34. The van der Waals surface area contributed by atoms with Gasteiger partial charge in [-0.2, -0.15) is 0 Å². The fraction of sp³-hybridized carbons (Fsp3) is 0.400. The fourth-order valence-corrected chi connectivity index (χ4v) is 1.91. The Balaban J connectivity index is 2.24. The maximum Gasteiger partial charge on any atom is 0.0433 e. The average molecular weight is 162 g/mol. The molecule has 3 N–H and O–H groups in total. The van der Waals surface area contributed by atoms with Gasteiger partial charge in [0.05, 0.1) is 0 Å². The average Bonchev–Trinajstić information content (AvgIpc) is 2.50. The Bertz CT molecular complexity index is 268. The molecule has 2 rings (SSSR count). The van der Waals surface area contributed by atoms with Crippen molar-refractivity contribution in [3.05, 3.63) is 35.4 Å². The normalized spacial score (nSPS) is 20.9. The predicted molar refractivity (Wildman–Crippen MR) is 49.7 cm³/mol. The number of benzene rings is 1. The maximum absolute atomic E-state index is 5.45. The summed E-state index contributed by atoms with van der Waals surface area (Å²) in [5.41, 5.74) is 8.36. The molecule has 0 saturated carbocycles. The molecule has 2 heteroatoms. The quantitative estimate of drug-likeness (QED) is 0.641. The minimum Gasteiger partial charge on any atom is -0.318 e. The molecule has 1 aromatic rings. The van der Waals surface area contributed by atoms with Crippen LogP contribution in [0, 0.1) is 0 Å². The second-order valence-electron chi connectivity index (χ2n) is 3.20. The van der Waals surface area contributed by atoms with Crippen molar-refractivity contribution in [3.8, 4) is 0 Å². The van der Waals surface area contributed by atoms with Gasteiger partial charge in [0.25, 0.3) is 0 Å². The van der Waals surface area contributed by atoms with Crippen molar-refractivity contribution >= 4 is 0 Å². The highest BCUT2D eigenvalue weighted by Gasteiger charge is 2.20. The van der Waals surface area contributed by atoms with Crippen molar-refractivity contribution in [3.63, 3.8) is 0 Å². The van der Waals surface area contributed by atoms with Gasteiger partial charge in [0, 0.05) is 12.7 Å². The molecule has 0 aliphatic heterocycles. The first-order chi connectivity index (χ1) is 5.92. The molecule has 0 bridgehead atoms. The highest BCUT2D eigenvalue weighted by atomic mass is 15.0. The molecule has 1 unspecified atom stereocenters. The van der Waals surface area contributed by atoms with Gasteiger partial charge in [-0.1, -0.05) is 24.3 Å². The zero-order valence-corrected chi connectivity index (χ0v) is 7.09. The zero-order chi connectivity index (χ0) is 8.39. The molecule has 1 atom stereocenters. The number of rotatable bonds is 2. The second kappa shape index (κ2) is 3.25. The number of nitrogens with one attached hydrogen (secondary N) is 1. The smallest absolute Gasteiger partial charge is 0.0433 e.